The fourth-order valence-electron chi connectivity index (χ4n) is 3.15. The van der Waals surface area contributed by atoms with Crippen LogP contribution < -0.4 is 14.4 Å². The Morgan fingerprint density at radius 2 is 1.66 bits per heavy atom. The number of hydrogen-bond donors (Lipinski definition) is 1. The molecule has 0 atom stereocenters. The second kappa shape index (κ2) is 10.6. The molecule has 0 bridgehead atoms. The molecule has 0 unspecified atom stereocenters. The summed E-state index contributed by atoms with van der Waals surface area (Å²) in [6.45, 7) is 3.66. The second-order valence-corrected chi connectivity index (χ2v) is 9.69. The first-order valence-electron chi connectivity index (χ1n) is 10.1. The van der Waals surface area contributed by atoms with Crippen molar-refractivity contribution in [1.29, 1.82) is 0 Å². The van der Waals surface area contributed by atoms with Crippen molar-refractivity contribution < 1.29 is 17.9 Å². The standard InChI is InChI=1S/C24H26N2O4S2/c1-4-30-23-12-8-7-11-22(23)26(17-24(27)25-21-10-6-5-9-18(21)2)32(28,29)20-15-13-19(31-3)14-16-20/h5-16H,4,17H2,1-3H3,(H,25,27). The summed E-state index contributed by atoms with van der Waals surface area (Å²) in [6, 6.07) is 20.8. The molecule has 0 aromatic heterocycles. The van der Waals surface area contributed by atoms with E-state index in [1.165, 1.54) is 11.8 Å². The number of hydrogen-bond acceptors (Lipinski definition) is 5. The van der Waals surface area contributed by atoms with E-state index in [9.17, 15) is 13.2 Å². The summed E-state index contributed by atoms with van der Waals surface area (Å²) in [7, 11) is -4.03. The molecule has 3 aromatic rings. The Hall–Kier alpha value is -2.97. The van der Waals surface area contributed by atoms with Gasteiger partial charge in [-0.05, 0) is 68.1 Å². The number of carbonyl (C=O) groups excluding carboxylic acids is 1. The van der Waals surface area contributed by atoms with Gasteiger partial charge in [0.2, 0.25) is 5.91 Å². The SMILES string of the molecule is CCOc1ccccc1N(CC(=O)Nc1ccccc1C)S(=O)(=O)c1ccc(SC)cc1. The summed E-state index contributed by atoms with van der Waals surface area (Å²) in [5.41, 5.74) is 1.83. The molecular weight excluding hydrogens is 444 g/mol. The van der Waals surface area contributed by atoms with Crippen LogP contribution in [0.2, 0.25) is 0 Å². The predicted octanol–water partition coefficient (Wildman–Crippen LogP) is 4.95. The van der Waals surface area contributed by atoms with Crippen molar-refractivity contribution in [2.45, 2.75) is 23.6 Å². The third kappa shape index (κ3) is 5.44. The lowest BCUT2D eigenvalue weighted by Crippen LogP contribution is -2.38. The number of nitrogens with one attached hydrogen (secondary N) is 1. The molecule has 1 amide bonds. The van der Waals surface area contributed by atoms with Crippen molar-refractivity contribution in [3.63, 3.8) is 0 Å². The van der Waals surface area contributed by atoms with E-state index >= 15 is 0 Å². The van der Waals surface area contributed by atoms with E-state index in [0.29, 0.717) is 23.7 Å². The number of amides is 1. The number of carbonyl (C=O) groups is 1. The first-order chi connectivity index (χ1) is 15.4. The number of ether oxygens (including phenoxy) is 1. The van der Waals surface area contributed by atoms with Crippen molar-refractivity contribution in [3.05, 3.63) is 78.4 Å². The third-order valence-electron chi connectivity index (χ3n) is 4.79. The van der Waals surface area contributed by atoms with Gasteiger partial charge in [-0.3, -0.25) is 9.10 Å². The van der Waals surface area contributed by atoms with Crippen molar-refractivity contribution in [2.75, 3.05) is 29.0 Å². The van der Waals surface area contributed by atoms with Crippen LogP contribution in [0.4, 0.5) is 11.4 Å². The van der Waals surface area contributed by atoms with E-state index in [0.717, 1.165) is 14.8 Å². The molecule has 3 aromatic carbocycles. The predicted molar refractivity (Wildman–Crippen MR) is 130 cm³/mol. The first-order valence-corrected chi connectivity index (χ1v) is 12.8. The Morgan fingerprint density at radius 3 is 2.31 bits per heavy atom. The lowest BCUT2D eigenvalue weighted by molar-refractivity contribution is -0.114. The van der Waals surface area contributed by atoms with Crippen LogP contribution in [0.15, 0.2) is 82.6 Å². The number of para-hydroxylation sites is 3. The quantitative estimate of drug-likeness (QED) is 0.448. The van der Waals surface area contributed by atoms with Gasteiger partial charge >= 0.3 is 0 Å². The number of nitrogens with zero attached hydrogens (tertiary/aromatic N) is 1. The lowest BCUT2D eigenvalue weighted by Gasteiger charge is -2.26. The fourth-order valence-corrected chi connectivity index (χ4v) is 4.99. The Labute approximate surface area is 193 Å². The molecule has 0 saturated heterocycles. The van der Waals surface area contributed by atoms with Crippen molar-refractivity contribution in [1.82, 2.24) is 0 Å². The monoisotopic (exact) mass is 470 g/mol. The summed E-state index contributed by atoms with van der Waals surface area (Å²) >= 11 is 1.52. The van der Waals surface area contributed by atoms with Crippen molar-refractivity contribution in [3.8, 4) is 5.75 Å². The van der Waals surface area contributed by atoms with Crippen molar-refractivity contribution >= 4 is 39.1 Å². The molecule has 0 saturated carbocycles. The topological polar surface area (TPSA) is 75.7 Å². The van der Waals surface area contributed by atoms with Gasteiger partial charge in [0, 0.05) is 10.6 Å². The lowest BCUT2D eigenvalue weighted by atomic mass is 10.2. The van der Waals surface area contributed by atoms with Crippen molar-refractivity contribution in [2.24, 2.45) is 0 Å². The number of thioether (sulfide) groups is 1. The number of rotatable bonds is 9. The maximum absolute atomic E-state index is 13.6. The Balaban J connectivity index is 2.01. The van der Waals surface area contributed by atoms with E-state index in [4.69, 9.17) is 4.74 Å². The van der Waals surface area contributed by atoms with Gasteiger partial charge in [-0.2, -0.15) is 0 Å². The van der Waals surface area contributed by atoms with Crippen LogP contribution in [-0.4, -0.2) is 33.7 Å². The molecule has 0 aliphatic heterocycles. The largest absolute Gasteiger partial charge is 0.492 e. The first kappa shape index (κ1) is 23.7. The van der Waals surface area contributed by atoms with Gasteiger partial charge < -0.3 is 10.1 Å². The molecule has 8 heteroatoms. The molecule has 0 spiro atoms. The van der Waals surface area contributed by atoms with Gasteiger partial charge in [-0.15, -0.1) is 11.8 Å². The number of anilines is 2. The smallest absolute Gasteiger partial charge is 0.264 e. The van der Waals surface area contributed by atoms with Crippen LogP contribution in [0, 0.1) is 6.92 Å². The maximum atomic E-state index is 13.6. The molecular formula is C24H26N2O4S2. The molecule has 0 fully saturated rings. The minimum Gasteiger partial charge on any atom is -0.492 e. The zero-order valence-electron chi connectivity index (χ0n) is 18.2. The minimum atomic E-state index is -4.03. The van der Waals surface area contributed by atoms with E-state index in [2.05, 4.69) is 5.32 Å². The normalized spacial score (nSPS) is 11.1. The zero-order chi connectivity index (χ0) is 23.1. The van der Waals surface area contributed by atoms with Crippen LogP contribution in [-0.2, 0) is 14.8 Å². The highest BCUT2D eigenvalue weighted by atomic mass is 32.2. The fraction of sp³-hybridized carbons (Fsp3) is 0.208. The van der Waals surface area contributed by atoms with E-state index < -0.39 is 22.5 Å². The van der Waals surface area contributed by atoms with Gasteiger partial charge in [0.25, 0.3) is 10.0 Å². The van der Waals surface area contributed by atoms with Gasteiger partial charge in [0.1, 0.15) is 12.3 Å². The van der Waals surface area contributed by atoms with Gasteiger partial charge in [0.05, 0.1) is 17.2 Å². The molecule has 32 heavy (non-hydrogen) atoms. The van der Waals surface area contributed by atoms with Gasteiger partial charge in [-0.25, -0.2) is 8.42 Å². The number of sulfonamides is 1. The molecule has 1 N–H and O–H groups in total. The Morgan fingerprint density at radius 1 is 1.00 bits per heavy atom. The average molecular weight is 471 g/mol. The molecule has 168 valence electrons. The van der Waals surface area contributed by atoms with Gasteiger partial charge in [0.15, 0.2) is 0 Å². The highest BCUT2D eigenvalue weighted by Crippen LogP contribution is 2.33. The highest BCUT2D eigenvalue weighted by molar-refractivity contribution is 7.98. The number of aryl methyl sites for hydroxylation is 1. The Kier molecular flexibility index (Phi) is 7.82. The van der Waals surface area contributed by atoms with E-state index in [-0.39, 0.29) is 4.90 Å². The van der Waals surface area contributed by atoms with E-state index in [1.54, 1.807) is 54.6 Å². The summed E-state index contributed by atoms with van der Waals surface area (Å²) in [4.78, 5) is 14.0. The average Bonchev–Trinajstić information content (AvgIpc) is 2.80. The molecule has 0 heterocycles. The Bertz CT molecular complexity index is 1180. The molecule has 0 aliphatic rings. The second-order valence-electron chi connectivity index (χ2n) is 6.95. The van der Waals surface area contributed by atoms with E-state index in [1.807, 2.05) is 38.3 Å². The van der Waals surface area contributed by atoms with Crippen LogP contribution in [0.1, 0.15) is 12.5 Å². The summed E-state index contributed by atoms with van der Waals surface area (Å²) in [5, 5.41) is 2.81. The minimum absolute atomic E-state index is 0.102. The van der Waals surface area contributed by atoms with Gasteiger partial charge in [-0.1, -0.05) is 30.3 Å². The van der Waals surface area contributed by atoms with Crippen LogP contribution >= 0.6 is 11.8 Å². The maximum Gasteiger partial charge on any atom is 0.264 e. The summed E-state index contributed by atoms with van der Waals surface area (Å²) < 4.78 is 34.0. The molecule has 0 radical (unpaired) electrons. The van der Waals surface area contributed by atoms with Crippen LogP contribution in [0.5, 0.6) is 5.75 Å². The van der Waals surface area contributed by atoms with Crippen LogP contribution in [0.3, 0.4) is 0 Å². The third-order valence-corrected chi connectivity index (χ3v) is 7.31. The van der Waals surface area contributed by atoms with Crippen LogP contribution in [0.25, 0.3) is 0 Å². The molecule has 6 nitrogen and oxygen atoms in total. The summed E-state index contributed by atoms with van der Waals surface area (Å²) in [5.74, 6) is -0.0575. The number of benzene rings is 3. The zero-order valence-corrected chi connectivity index (χ0v) is 19.9. The highest BCUT2D eigenvalue weighted by Gasteiger charge is 2.29. The molecule has 3 rings (SSSR count). The molecule has 0 aliphatic carbocycles. The summed E-state index contributed by atoms with van der Waals surface area (Å²) in [6.07, 6.45) is 1.92.